The van der Waals surface area contributed by atoms with Gasteiger partial charge in [0.25, 0.3) is 0 Å². The van der Waals surface area contributed by atoms with Crippen LogP contribution in [0.25, 0.3) is 34.4 Å². The Morgan fingerprint density at radius 3 is 1.44 bits per heavy atom. The maximum absolute atomic E-state index is 14.0. The summed E-state index contributed by atoms with van der Waals surface area (Å²) in [6.07, 6.45) is 10.5. The number of carbonyl (C=O) groups is 1. The van der Waals surface area contributed by atoms with Gasteiger partial charge >= 0.3 is 0 Å². The molecule has 0 N–H and O–H groups in total. The van der Waals surface area contributed by atoms with E-state index in [1.807, 2.05) is 48.6 Å². The number of rotatable bonds is 12. The van der Waals surface area contributed by atoms with Crippen LogP contribution in [0.2, 0.25) is 0 Å². The number of hydrogen-bond acceptors (Lipinski definition) is 3. The largest absolute Gasteiger partial charge is 0.492 e. The van der Waals surface area contributed by atoms with Crippen LogP contribution in [0.15, 0.2) is 105 Å². The van der Waals surface area contributed by atoms with Gasteiger partial charge in [0, 0.05) is 22.3 Å². The number of carbonyl (C=O) groups excluding carboxylic acids is 1. The lowest BCUT2D eigenvalue weighted by molar-refractivity contribution is -0.112. The minimum Gasteiger partial charge on any atom is -0.492 e. The fraction of sp³-hybridized carbons (Fsp3) is 0.275. The molecular formula is C40H40Br2O3. The summed E-state index contributed by atoms with van der Waals surface area (Å²) in [5.41, 5.74) is 7.82. The summed E-state index contributed by atoms with van der Waals surface area (Å²) in [4.78, 5) is 14.0. The van der Waals surface area contributed by atoms with Gasteiger partial charge in [-0.2, -0.15) is 0 Å². The molecule has 4 aromatic rings. The Bertz CT molecular complexity index is 1550. The Hall–Kier alpha value is -3.41. The van der Waals surface area contributed by atoms with E-state index >= 15 is 0 Å². The van der Waals surface area contributed by atoms with Crippen LogP contribution >= 0.6 is 31.9 Å². The van der Waals surface area contributed by atoms with Gasteiger partial charge < -0.3 is 9.47 Å². The van der Waals surface area contributed by atoms with Crippen LogP contribution in [0.3, 0.4) is 0 Å². The number of unbranched alkanes of at least 4 members (excludes halogenated alkanes) is 2. The first kappa shape index (κ1) is 33.0. The van der Waals surface area contributed by atoms with E-state index in [9.17, 15) is 4.79 Å². The first-order valence-corrected chi connectivity index (χ1v) is 17.6. The third-order valence-electron chi connectivity index (χ3n) is 8.05. The zero-order valence-corrected chi connectivity index (χ0v) is 29.3. The van der Waals surface area contributed by atoms with Gasteiger partial charge in [-0.3, -0.25) is 4.79 Å². The maximum atomic E-state index is 14.0. The van der Waals surface area contributed by atoms with Crippen LogP contribution in [-0.4, -0.2) is 19.0 Å². The van der Waals surface area contributed by atoms with E-state index in [1.54, 1.807) is 0 Å². The van der Waals surface area contributed by atoms with Crippen molar-refractivity contribution >= 4 is 49.8 Å². The highest BCUT2D eigenvalue weighted by atomic mass is 79.9. The highest BCUT2D eigenvalue weighted by molar-refractivity contribution is 9.11. The van der Waals surface area contributed by atoms with Crippen molar-refractivity contribution in [2.45, 2.75) is 58.8 Å². The summed E-state index contributed by atoms with van der Waals surface area (Å²) in [5, 5.41) is 0. The molecule has 0 amide bonds. The fourth-order valence-electron chi connectivity index (χ4n) is 5.53. The molecule has 1 fully saturated rings. The quantitative estimate of drug-likeness (QED) is 0.108. The van der Waals surface area contributed by atoms with E-state index in [0.29, 0.717) is 13.2 Å². The molecule has 1 aliphatic carbocycles. The lowest BCUT2D eigenvalue weighted by Crippen LogP contribution is -2.12. The van der Waals surface area contributed by atoms with Crippen molar-refractivity contribution in [2.24, 2.45) is 0 Å². The zero-order valence-electron chi connectivity index (χ0n) is 26.1. The predicted molar refractivity (Wildman–Crippen MR) is 195 cm³/mol. The van der Waals surface area contributed by atoms with Gasteiger partial charge in [-0.05, 0) is 98.4 Å². The summed E-state index contributed by atoms with van der Waals surface area (Å²) in [6, 6.07) is 28.9. The summed E-state index contributed by atoms with van der Waals surface area (Å²) in [7, 11) is 0. The van der Waals surface area contributed by atoms with Gasteiger partial charge in [0.1, 0.15) is 11.5 Å². The Morgan fingerprint density at radius 2 is 1.04 bits per heavy atom. The molecule has 0 aliphatic heterocycles. The Morgan fingerprint density at radius 1 is 0.622 bits per heavy atom. The van der Waals surface area contributed by atoms with Crippen molar-refractivity contribution in [3.8, 4) is 33.8 Å². The van der Waals surface area contributed by atoms with Crippen molar-refractivity contribution in [1.82, 2.24) is 0 Å². The van der Waals surface area contributed by atoms with E-state index in [4.69, 9.17) is 9.47 Å². The van der Waals surface area contributed by atoms with E-state index < -0.39 is 0 Å². The van der Waals surface area contributed by atoms with E-state index in [2.05, 4.69) is 94.2 Å². The molecule has 0 unspecified atom stereocenters. The highest BCUT2D eigenvalue weighted by Gasteiger charge is 2.23. The van der Waals surface area contributed by atoms with Crippen molar-refractivity contribution in [1.29, 1.82) is 0 Å². The zero-order chi connectivity index (χ0) is 31.6. The Balaban J connectivity index is 1.50. The topological polar surface area (TPSA) is 35.5 Å². The van der Waals surface area contributed by atoms with Gasteiger partial charge in [-0.15, -0.1) is 0 Å². The molecule has 4 aromatic carbocycles. The SMILES string of the molecule is CCCCOc1c(/C=C2\CCC/C(=C\c3ccc(-c4ccccc4)c(Br)c3OCCCC)C2=O)ccc(-c2ccccc2)c1Br. The molecule has 3 nitrogen and oxygen atoms in total. The maximum Gasteiger partial charge on any atom is 0.185 e. The fourth-order valence-corrected chi connectivity index (χ4v) is 6.94. The third-order valence-corrected chi connectivity index (χ3v) is 9.62. The number of hydrogen-bond donors (Lipinski definition) is 0. The standard InChI is InChI=1S/C40H40Br2O3/c1-3-5-24-44-39-32(20-22-34(36(39)41)28-14-9-7-10-15-28)26-30-18-13-19-31(38(30)43)27-33-21-23-35(29-16-11-8-12-17-29)37(42)40(33)45-25-6-4-2/h7-12,14-17,20-23,26-27H,3-6,13,18-19,24-25H2,1-2H3/b30-26+,31-27+. The van der Waals surface area contributed by atoms with E-state index in [1.165, 1.54) is 0 Å². The Labute approximate surface area is 284 Å². The second-order valence-corrected chi connectivity index (χ2v) is 12.9. The van der Waals surface area contributed by atoms with E-state index in [-0.39, 0.29) is 5.78 Å². The average Bonchev–Trinajstić information content (AvgIpc) is 3.06. The molecule has 1 aliphatic rings. The Kier molecular flexibility index (Phi) is 11.9. The second kappa shape index (κ2) is 16.2. The number of halogens is 2. The summed E-state index contributed by atoms with van der Waals surface area (Å²) >= 11 is 7.70. The molecule has 232 valence electrons. The number of ether oxygens (including phenoxy) is 2. The van der Waals surface area contributed by atoms with Crippen LogP contribution in [0, 0.1) is 0 Å². The van der Waals surface area contributed by atoms with Crippen molar-refractivity contribution in [3.05, 3.63) is 116 Å². The highest BCUT2D eigenvalue weighted by Crippen LogP contribution is 2.42. The molecular weight excluding hydrogens is 688 g/mol. The molecule has 5 heteroatoms. The van der Waals surface area contributed by atoms with Crippen molar-refractivity contribution in [3.63, 3.8) is 0 Å². The van der Waals surface area contributed by atoms with E-state index in [0.717, 1.165) is 110 Å². The van der Waals surface area contributed by atoms with Gasteiger partial charge in [-0.25, -0.2) is 0 Å². The molecule has 0 atom stereocenters. The molecule has 5 rings (SSSR count). The van der Waals surface area contributed by atoms with Gasteiger partial charge in [-0.1, -0.05) is 112 Å². The van der Waals surface area contributed by atoms with Crippen LogP contribution in [0.1, 0.15) is 69.9 Å². The average molecular weight is 729 g/mol. The van der Waals surface area contributed by atoms with Gasteiger partial charge in [0.15, 0.2) is 5.78 Å². The molecule has 0 saturated heterocycles. The van der Waals surface area contributed by atoms with Crippen LogP contribution in [0.4, 0.5) is 0 Å². The third kappa shape index (κ3) is 8.06. The molecule has 0 aromatic heterocycles. The predicted octanol–water partition coefficient (Wildman–Crippen LogP) is 12.1. The second-order valence-electron chi connectivity index (χ2n) is 11.3. The number of allylic oxidation sites excluding steroid dienone is 2. The molecule has 45 heavy (non-hydrogen) atoms. The van der Waals surface area contributed by atoms with Crippen LogP contribution in [-0.2, 0) is 4.79 Å². The minimum atomic E-state index is 0.0896. The minimum absolute atomic E-state index is 0.0896. The molecule has 1 saturated carbocycles. The molecule has 0 spiro atoms. The monoisotopic (exact) mass is 726 g/mol. The van der Waals surface area contributed by atoms with Gasteiger partial charge in [0.05, 0.1) is 22.2 Å². The molecule has 0 heterocycles. The first-order valence-electron chi connectivity index (χ1n) is 16.0. The lowest BCUT2D eigenvalue weighted by atomic mass is 9.86. The number of benzene rings is 4. The number of ketones is 1. The lowest BCUT2D eigenvalue weighted by Gasteiger charge is -2.20. The summed E-state index contributed by atoms with van der Waals surface area (Å²) in [5.74, 6) is 1.66. The smallest absolute Gasteiger partial charge is 0.185 e. The normalized spacial score (nSPS) is 15.1. The summed E-state index contributed by atoms with van der Waals surface area (Å²) < 4.78 is 14.5. The van der Waals surface area contributed by atoms with Gasteiger partial charge in [0.2, 0.25) is 0 Å². The van der Waals surface area contributed by atoms with Crippen LogP contribution in [0.5, 0.6) is 11.5 Å². The number of Topliss-reactive ketones (excluding diaryl/α,β-unsaturated/α-hetero) is 1. The van der Waals surface area contributed by atoms with Crippen LogP contribution < -0.4 is 9.47 Å². The van der Waals surface area contributed by atoms with Crippen molar-refractivity contribution < 1.29 is 14.3 Å². The molecule has 0 radical (unpaired) electrons. The molecule has 0 bridgehead atoms. The first-order chi connectivity index (χ1) is 22.0. The summed E-state index contributed by atoms with van der Waals surface area (Å²) in [6.45, 7) is 5.56. The van der Waals surface area contributed by atoms with Crippen molar-refractivity contribution in [2.75, 3.05) is 13.2 Å².